The van der Waals surface area contributed by atoms with Gasteiger partial charge in [0.15, 0.2) is 0 Å². The number of carbonyl (C=O) groups is 1. The lowest BCUT2D eigenvalue weighted by Crippen LogP contribution is -2.47. The van der Waals surface area contributed by atoms with Gasteiger partial charge in [0, 0.05) is 6.04 Å². The van der Waals surface area contributed by atoms with Crippen LogP contribution in [-0.4, -0.2) is 35.1 Å². The van der Waals surface area contributed by atoms with Crippen molar-refractivity contribution in [3.05, 3.63) is 0 Å². The van der Waals surface area contributed by atoms with Crippen LogP contribution in [0, 0.1) is 11.3 Å². The number of aliphatic carboxylic acids is 1. The minimum Gasteiger partial charge on any atom is -0.481 e. The second-order valence-corrected chi connectivity index (χ2v) is 5.39. The first-order chi connectivity index (χ1) is 6.87. The number of carboxylic acids is 1. The van der Waals surface area contributed by atoms with Gasteiger partial charge in [0.2, 0.25) is 0 Å². The summed E-state index contributed by atoms with van der Waals surface area (Å²) >= 11 is 0. The maximum absolute atomic E-state index is 11.1. The third-order valence-corrected chi connectivity index (χ3v) is 3.96. The molecular weight excluding hydrogens is 190 g/mol. The Morgan fingerprint density at radius 3 is 2.07 bits per heavy atom. The highest BCUT2D eigenvalue weighted by atomic mass is 16.4. The van der Waals surface area contributed by atoms with Gasteiger partial charge in [-0.15, -0.1) is 0 Å². The number of rotatable bonds is 3. The number of likely N-dealkylation sites (tertiary alicyclic amines) is 1. The Hall–Kier alpha value is -0.570. The normalized spacial score (nSPS) is 24.1. The average molecular weight is 213 g/mol. The molecule has 0 aromatic carbocycles. The van der Waals surface area contributed by atoms with Crippen molar-refractivity contribution in [3.8, 4) is 0 Å². The minimum atomic E-state index is -0.639. The van der Waals surface area contributed by atoms with Crippen LogP contribution in [0.5, 0.6) is 0 Å². The molecule has 88 valence electrons. The van der Waals surface area contributed by atoms with Crippen LogP contribution in [0.4, 0.5) is 0 Å². The fourth-order valence-corrected chi connectivity index (χ4v) is 2.06. The summed E-state index contributed by atoms with van der Waals surface area (Å²) in [7, 11) is 0. The quantitative estimate of drug-likeness (QED) is 0.781. The molecular formula is C12H23NO2. The summed E-state index contributed by atoms with van der Waals surface area (Å²) in [6, 6.07) is 0.559. The summed E-state index contributed by atoms with van der Waals surface area (Å²) < 4.78 is 0. The van der Waals surface area contributed by atoms with E-state index in [1.807, 2.05) is 6.92 Å². The van der Waals surface area contributed by atoms with Crippen LogP contribution < -0.4 is 0 Å². The van der Waals surface area contributed by atoms with Gasteiger partial charge >= 0.3 is 5.97 Å². The molecule has 1 aliphatic heterocycles. The molecule has 0 saturated carbocycles. The van der Waals surface area contributed by atoms with Crippen molar-refractivity contribution >= 4 is 5.97 Å². The monoisotopic (exact) mass is 213 g/mol. The van der Waals surface area contributed by atoms with Gasteiger partial charge in [-0.1, -0.05) is 13.8 Å². The molecule has 0 spiro atoms. The lowest BCUT2D eigenvalue weighted by Gasteiger charge is -2.40. The SMILES string of the molecule is CC(C)C(C)N1CCC(C)(C(=O)O)CC1. The summed E-state index contributed by atoms with van der Waals surface area (Å²) in [6.07, 6.45) is 1.55. The van der Waals surface area contributed by atoms with Crippen LogP contribution >= 0.6 is 0 Å². The molecule has 0 amide bonds. The molecule has 1 N–H and O–H groups in total. The van der Waals surface area contributed by atoms with Crippen LogP contribution in [0.3, 0.4) is 0 Å². The molecule has 1 unspecified atom stereocenters. The van der Waals surface area contributed by atoms with Gasteiger partial charge in [-0.3, -0.25) is 4.79 Å². The van der Waals surface area contributed by atoms with Crippen molar-refractivity contribution < 1.29 is 9.90 Å². The van der Waals surface area contributed by atoms with Crippen molar-refractivity contribution in [2.24, 2.45) is 11.3 Å². The van der Waals surface area contributed by atoms with Crippen LogP contribution in [-0.2, 0) is 4.79 Å². The summed E-state index contributed by atoms with van der Waals surface area (Å²) in [5, 5.41) is 9.11. The van der Waals surface area contributed by atoms with Crippen molar-refractivity contribution in [3.63, 3.8) is 0 Å². The predicted molar refractivity (Wildman–Crippen MR) is 60.8 cm³/mol. The Morgan fingerprint density at radius 2 is 1.73 bits per heavy atom. The molecule has 1 saturated heterocycles. The van der Waals surface area contributed by atoms with E-state index in [2.05, 4.69) is 25.7 Å². The van der Waals surface area contributed by atoms with Crippen LogP contribution in [0.25, 0.3) is 0 Å². The van der Waals surface area contributed by atoms with E-state index in [0.29, 0.717) is 12.0 Å². The maximum atomic E-state index is 11.1. The van der Waals surface area contributed by atoms with Gasteiger partial charge in [-0.05, 0) is 45.7 Å². The smallest absolute Gasteiger partial charge is 0.309 e. The largest absolute Gasteiger partial charge is 0.481 e. The molecule has 0 aliphatic carbocycles. The predicted octanol–water partition coefficient (Wildman–Crippen LogP) is 2.22. The Labute approximate surface area is 92.5 Å². The first kappa shape index (κ1) is 12.5. The molecule has 3 nitrogen and oxygen atoms in total. The van der Waals surface area contributed by atoms with E-state index in [4.69, 9.17) is 5.11 Å². The molecule has 0 radical (unpaired) electrons. The molecule has 3 heteroatoms. The van der Waals surface area contributed by atoms with Gasteiger partial charge in [0.05, 0.1) is 5.41 Å². The highest BCUT2D eigenvalue weighted by Gasteiger charge is 2.37. The van der Waals surface area contributed by atoms with Gasteiger partial charge in [0.1, 0.15) is 0 Å². The van der Waals surface area contributed by atoms with Crippen molar-refractivity contribution in [2.45, 2.75) is 46.6 Å². The van der Waals surface area contributed by atoms with E-state index in [0.717, 1.165) is 25.9 Å². The zero-order chi connectivity index (χ0) is 11.6. The second-order valence-electron chi connectivity index (χ2n) is 5.39. The molecule has 1 fully saturated rings. The third-order valence-electron chi connectivity index (χ3n) is 3.96. The van der Waals surface area contributed by atoms with Gasteiger partial charge in [0.25, 0.3) is 0 Å². The number of hydrogen-bond acceptors (Lipinski definition) is 2. The minimum absolute atomic E-state index is 0.493. The first-order valence-corrected chi connectivity index (χ1v) is 5.84. The van der Waals surface area contributed by atoms with Gasteiger partial charge in [-0.2, -0.15) is 0 Å². The van der Waals surface area contributed by atoms with E-state index in [1.165, 1.54) is 0 Å². The van der Waals surface area contributed by atoms with Crippen molar-refractivity contribution in [1.82, 2.24) is 4.90 Å². The first-order valence-electron chi connectivity index (χ1n) is 5.84. The molecule has 0 bridgehead atoms. The Balaban J connectivity index is 2.52. The highest BCUT2D eigenvalue weighted by molar-refractivity contribution is 5.74. The molecule has 0 aromatic rings. The van der Waals surface area contributed by atoms with Crippen molar-refractivity contribution in [2.75, 3.05) is 13.1 Å². The Kier molecular flexibility index (Phi) is 3.77. The zero-order valence-corrected chi connectivity index (χ0v) is 10.3. The Bertz CT molecular complexity index is 230. The van der Waals surface area contributed by atoms with E-state index in [9.17, 15) is 4.79 Å². The number of hydrogen-bond donors (Lipinski definition) is 1. The standard InChI is InChI=1S/C12H23NO2/c1-9(2)10(3)13-7-5-12(4,6-8-13)11(14)15/h9-10H,5-8H2,1-4H3,(H,14,15). The van der Waals surface area contributed by atoms with Crippen molar-refractivity contribution in [1.29, 1.82) is 0 Å². The lowest BCUT2D eigenvalue weighted by atomic mass is 9.80. The fourth-order valence-electron chi connectivity index (χ4n) is 2.06. The van der Waals surface area contributed by atoms with E-state index >= 15 is 0 Å². The van der Waals surface area contributed by atoms with E-state index in [-0.39, 0.29) is 0 Å². The molecule has 0 aromatic heterocycles. The third kappa shape index (κ3) is 2.71. The second kappa shape index (κ2) is 4.52. The highest BCUT2D eigenvalue weighted by Crippen LogP contribution is 2.32. The molecule has 1 aliphatic rings. The van der Waals surface area contributed by atoms with Crippen LogP contribution in [0.15, 0.2) is 0 Å². The van der Waals surface area contributed by atoms with Gasteiger partial charge < -0.3 is 10.0 Å². The number of carboxylic acid groups (broad SMARTS) is 1. The molecule has 15 heavy (non-hydrogen) atoms. The Morgan fingerprint density at radius 1 is 1.27 bits per heavy atom. The summed E-state index contributed by atoms with van der Waals surface area (Å²) in [6.45, 7) is 10.4. The molecule has 1 atom stereocenters. The summed E-state index contributed by atoms with van der Waals surface area (Å²) in [5.74, 6) is -0.00136. The number of nitrogens with zero attached hydrogens (tertiary/aromatic N) is 1. The molecule has 1 rings (SSSR count). The maximum Gasteiger partial charge on any atom is 0.309 e. The lowest BCUT2D eigenvalue weighted by molar-refractivity contribution is -0.151. The summed E-state index contributed by atoms with van der Waals surface area (Å²) in [5.41, 5.74) is -0.493. The zero-order valence-electron chi connectivity index (χ0n) is 10.3. The topological polar surface area (TPSA) is 40.5 Å². The van der Waals surface area contributed by atoms with Gasteiger partial charge in [-0.25, -0.2) is 0 Å². The fraction of sp³-hybridized carbons (Fsp3) is 0.917. The van der Waals surface area contributed by atoms with Crippen LogP contribution in [0.1, 0.15) is 40.5 Å². The van der Waals surface area contributed by atoms with Crippen LogP contribution in [0.2, 0.25) is 0 Å². The van der Waals surface area contributed by atoms with E-state index < -0.39 is 11.4 Å². The average Bonchev–Trinajstić information content (AvgIpc) is 2.17. The summed E-state index contributed by atoms with van der Waals surface area (Å²) in [4.78, 5) is 13.5. The molecule has 1 heterocycles. The van der Waals surface area contributed by atoms with E-state index in [1.54, 1.807) is 0 Å². The number of piperidine rings is 1.